The van der Waals surface area contributed by atoms with Crippen LogP contribution in [0, 0.1) is 0 Å². The minimum atomic E-state index is -1.91. The molecule has 1 fully saturated rings. The van der Waals surface area contributed by atoms with Crippen molar-refractivity contribution in [3.05, 3.63) is 22.7 Å². The summed E-state index contributed by atoms with van der Waals surface area (Å²) >= 11 is 0. The number of alkyl halides is 1. The van der Waals surface area contributed by atoms with Crippen LogP contribution in [0.15, 0.2) is 17.1 Å². The lowest BCUT2D eigenvalue weighted by molar-refractivity contribution is -0.167. The number of aromatic nitrogens is 2. The van der Waals surface area contributed by atoms with Gasteiger partial charge in [-0.25, -0.2) is 9.18 Å². The first-order chi connectivity index (χ1) is 13.4. The van der Waals surface area contributed by atoms with Gasteiger partial charge in [0.15, 0.2) is 18.5 Å². The summed E-state index contributed by atoms with van der Waals surface area (Å²) in [6.45, 7) is 1.12. The van der Waals surface area contributed by atoms with E-state index in [0.29, 0.717) is 6.42 Å². The molecule has 0 amide bonds. The molecule has 158 valence electrons. The molecule has 2 rings (SSSR count). The molecule has 0 saturated carbocycles. The summed E-state index contributed by atoms with van der Waals surface area (Å²) in [4.78, 5) is 27.8. The van der Waals surface area contributed by atoms with Gasteiger partial charge in [-0.15, -0.1) is 0 Å². The summed E-state index contributed by atoms with van der Waals surface area (Å²) < 4.78 is 26.9. The van der Waals surface area contributed by atoms with Gasteiger partial charge in [-0.2, -0.15) is 4.98 Å². The zero-order valence-electron chi connectivity index (χ0n) is 16.1. The van der Waals surface area contributed by atoms with E-state index >= 15 is 4.39 Å². The lowest BCUT2D eigenvalue weighted by Crippen LogP contribution is -2.53. The summed E-state index contributed by atoms with van der Waals surface area (Å²) in [7, 11) is 0. The van der Waals surface area contributed by atoms with Gasteiger partial charge < -0.3 is 26.0 Å². The summed E-state index contributed by atoms with van der Waals surface area (Å²) in [6, 6.07) is 1.32. The fraction of sp³-hybridized carbons (Fsp3) is 0.722. The number of aliphatic hydroxyl groups is 1. The number of halogens is 1. The van der Waals surface area contributed by atoms with Gasteiger partial charge in [-0.3, -0.25) is 9.36 Å². The molecule has 1 saturated heterocycles. The Hall–Kier alpha value is -2.04. The highest BCUT2D eigenvalue weighted by Gasteiger charge is 2.58. The Bertz CT molecular complexity index is 709. The number of anilines is 1. The number of esters is 1. The fourth-order valence-electron chi connectivity index (χ4n) is 3.24. The first-order valence-electron chi connectivity index (χ1n) is 9.55. The maximum atomic E-state index is 15.1. The van der Waals surface area contributed by atoms with Crippen molar-refractivity contribution in [2.75, 3.05) is 18.9 Å². The second kappa shape index (κ2) is 9.94. The molecule has 5 N–H and O–H groups in total. The Labute approximate surface area is 162 Å². The molecule has 0 radical (unpaired) electrons. The van der Waals surface area contributed by atoms with Crippen molar-refractivity contribution in [2.45, 2.75) is 69.6 Å². The molecule has 0 bridgehead atoms. The van der Waals surface area contributed by atoms with E-state index in [-0.39, 0.29) is 18.8 Å². The van der Waals surface area contributed by atoms with Crippen LogP contribution in [0.5, 0.6) is 0 Å². The number of ether oxygens (including phenoxy) is 2. The Morgan fingerprint density at radius 3 is 2.75 bits per heavy atom. The van der Waals surface area contributed by atoms with E-state index in [0.717, 1.165) is 30.3 Å². The largest absolute Gasteiger partial charge is 0.456 e. The zero-order valence-corrected chi connectivity index (χ0v) is 16.1. The minimum Gasteiger partial charge on any atom is -0.456 e. The van der Waals surface area contributed by atoms with E-state index in [2.05, 4.69) is 11.9 Å². The first-order valence-corrected chi connectivity index (χ1v) is 9.55. The Morgan fingerprint density at radius 2 is 2.14 bits per heavy atom. The SMILES string of the molecule is CCCCCCCC(=O)O[C@H]1[C@@H](F)[C@H](n2ccc(N)nc2=O)O[C@]1(CN)CO. The fourth-order valence-corrected chi connectivity index (χ4v) is 3.24. The molecule has 2 heterocycles. The molecule has 4 atom stereocenters. The highest BCUT2D eigenvalue weighted by molar-refractivity contribution is 5.69. The van der Waals surface area contributed by atoms with Gasteiger partial charge in [0.1, 0.15) is 11.4 Å². The summed E-state index contributed by atoms with van der Waals surface area (Å²) in [5.41, 5.74) is 8.68. The zero-order chi connectivity index (χ0) is 20.7. The van der Waals surface area contributed by atoms with Gasteiger partial charge in [-0.1, -0.05) is 32.6 Å². The van der Waals surface area contributed by atoms with Crippen LogP contribution in [-0.4, -0.2) is 51.7 Å². The topological polar surface area (TPSA) is 143 Å². The third-order valence-corrected chi connectivity index (χ3v) is 4.92. The standard InChI is InChI=1S/C18H29FN4O5/c1-2-3-4-5-6-7-13(25)27-15-14(19)16(28-18(15,10-20)11-24)23-9-8-12(21)22-17(23)26/h8-9,14-16,24H,2-7,10-11,20H2,1H3,(H2,21,22,26)/t14-,15+,16-,18-/m1/s1. The summed E-state index contributed by atoms with van der Waals surface area (Å²) in [5, 5.41) is 9.78. The number of carbonyl (C=O) groups is 1. The lowest BCUT2D eigenvalue weighted by Gasteiger charge is -2.30. The molecule has 0 aliphatic carbocycles. The van der Waals surface area contributed by atoms with E-state index in [9.17, 15) is 14.7 Å². The molecule has 10 heteroatoms. The van der Waals surface area contributed by atoms with Crippen LogP contribution >= 0.6 is 0 Å². The van der Waals surface area contributed by atoms with E-state index in [1.54, 1.807) is 0 Å². The Morgan fingerprint density at radius 1 is 1.43 bits per heavy atom. The minimum absolute atomic E-state index is 0.0204. The Balaban J connectivity index is 2.12. The van der Waals surface area contributed by atoms with Crippen LogP contribution in [0.3, 0.4) is 0 Å². The maximum absolute atomic E-state index is 15.1. The highest BCUT2D eigenvalue weighted by Crippen LogP contribution is 2.40. The average Bonchev–Trinajstić information content (AvgIpc) is 2.94. The van der Waals surface area contributed by atoms with Crippen LogP contribution in [-0.2, 0) is 14.3 Å². The molecule has 0 aromatic carbocycles. The van der Waals surface area contributed by atoms with Gasteiger partial charge in [0, 0.05) is 19.2 Å². The van der Waals surface area contributed by atoms with Crippen LogP contribution in [0.25, 0.3) is 0 Å². The van der Waals surface area contributed by atoms with Gasteiger partial charge in [0.25, 0.3) is 0 Å². The van der Waals surface area contributed by atoms with Gasteiger partial charge in [0.2, 0.25) is 0 Å². The van der Waals surface area contributed by atoms with E-state index < -0.39 is 42.4 Å². The first kappa shape index (κ1) is 22.3. The molecular formula is C18H29FN4O5. The molecular weight excluding hydrogens is 371 g/mol. The van der Waals surface area contributed by atoms with E-state index in [4.69, 9.17) is 20.9 Å². The number of unbranched alkanes of at least 4 members (excludes halogenated alkanes) is 4. The second-order valence-corrected chi connectivity index (χ2v) is 7.00. The van der Waals surface area contributed by atoms with Gasteiger partial charge in [0.05, 0.1) is 6.61 Å². The molecule has 1 aromatic rings. The van der Waals surface area contributed by atoms with Crippen molar-refractivity contribution in [3.63, 3.8) is 0 Å². The van der Waals surface area contributed by atoms with Crippen molar-refractivity contribution in [1.29, 1.82) is 0 Å². The monoisotopic (exact) mass is 400 g/mol. The normalized spacial score (nSPS) is 27.1. The number of hydrogen-bond acceptors (Lipinski definition) is 8. The van der Waals surface area contributed by atoms with Crippen molar-refractivity contribution in [3.8, 4) is 0 Å². The molecule has 28 heavy (non-hydrogen) atoms. The van der Waals surface area contributed by atoms with Crippen LogP contribution < -0.4 is 17.2 Å². The van der Waals surface area contributed by atoms with Crippen molar-refractivity contribution < 1.29 is 23.8 Å². The summed E-state index contributed by atoms with van der Waals surface area (Å²) in [5.74, 6) is -0.615. The van der Waals surface area contributed by atoms with Crippen LogP contribution in [0.2, 0.25) is 0 Å². The van der Waals surface area contributed by atoms with Gasteiger partial charge >= 0.3 is 11.7 Å². The molecule has 0 unspecified atom stereocenters. The quantitative estimate of drug-likeness (QED) is 0.384. The van der Waals surface area contributed by atoms with Crippen LogP contribution in [0.4, 0.5) is 10.2 Å². The molecule has 1 aliphatic heterocycles. The second-order valence-electron chi connectivity index (χ2n) is 7.00. The number of carbonyl (C=O) groups excluding carboxylic acids is 1. The number of nitrogen functional groups attached to an aromatic ring is 1. The summed E-state index contributed by atoms with van der Waals surface area (Å²) in [6.07, 6.45) is 1.26. The van der Waals surface area contributed by atoms with Crippen molar-refractivity contribution in [1.82, 2.24) is 9.55 Å². The molecule has 1 aliphatic rings. The third-order valence-electron chi connectivity index (χ3n) is 4.92. The van der Waals surface area contributed by atoms with E-state index in [1.165, 1.54) is 12.3 Å². The average molecular weight is 400 g/mol. The Kier molecular flexibility index (Phi) is 7.90. The van der Waals surface area contributed by atoms with Crippen molar-refractivity contribution >= 4 is 11.8 Å². The van der Waals surface area contributed by atoms with E-state index in [1.807, 2.05) is 0 Å². The maximum Gasteiger partial charge on any atom is 0.351 e. The lowest BCUT2D eigenvalue weighted by atomic mass is 9.96. The number of nitrogens with two attached hydrogens (primary N) is 2. The smallest absolute Gasteiger partial charge is 0.351 e. The van der Waals surface area contributed by atoms with Crippen LogP contribution in [0.1, 0.15) is 51.7 Å². The highest BCUT2D eigenvalue weighted by atomic mass is 19.1. The molecule has 1 aromatic heterocycles. The molecule has 9 nitrogen and oxygen atoms in total. The number of rotatable bonds is 10. The predicted molar refractivity (Wildman–Crippen MR) is 100 cm³/mol. The van der Waals surface area contributed by atoms with Gasteiger partial charge in [-0.05, 0) is 12.5 Å². The number of nitrogens with zero attached hydrogens (tertiary/aromatic N) is 2. The predicted octanol–water partition coefficient (Wildman–Crippen LogP) is 0.655. The number of hydrogen-bond donors (Lipinski definition) is 3. The van der Waals surface area contributed by atoms with Crippen molar-refractivity contribution in [2.24, 2.45) is 5.73 Å². The molecule has 0 spiro atoms. The third kappa shape index (κ3) is 4.86. The number of aliphatic hydroxyl groups excluding tert-OH is 1.